The Bertz CT molecular complexity index is 423. The van der Waals surface area contributed by atoms with Crippen LogP contribution in [0.25, 0.3) is 0 Å². The average Bonchev–Trinajstić information content (AvgIpc) is 2.27. The van der Waals surface area contributed by atoms with Crippen molar-refractivity contribution in [3.63, 3.8) is 0 Å². The third-order valence-corrected chi connectivity index (χ3v) is 0.500. The van der Waals surface area contributed by atoms with Gasteiger partial charge in [-0.3, -0.25) is 0 Å². The average molecular weight is 711 g/mol. The first-order valence-electron chi connectivity index (χ1n) is 3.93. The van der Waals surface area contributed by atoms with Crippen molar-refractivity contribution in [2.45, 2.75) is 0 Å². The van der Waals surface area contributed by atoms with E-state index in [1.807, 2.05) is 0 Å². The van der Waals surface area contributed by atoms with Gasteiger partial charge in [-0.25, -0.2) is 0 Å². The van der Waals surface area contributed by atoms with Crippen molar-refractivity contribution in [3.05, 3.63) is 0 Å². The SMILES string of the molecule is O=C([O-])C(=O)[O-].O=C([O-])C(=O)[O-].O=C([O-])C(=O)[O-].O=P([O-])([O-])[O-].[K+].[K+].[K+].[K+].[K+].[K+].[K+].[K+].[K+]. The summed E-state index contributed by atoms with van der Waals surface area (Å²) in [7, 11) is -5.39. The van der Waals surface area contributed by atoms with Crippen molar-refractivity contribution in [1.82, 2.24) is 0 Å². The van der Waals surface area contributed by atoms with Crippen LogP contribution in [0.4, 0.5) is 0 Å². The zero-order valence-electron chi connectivity index (χ0n) is 19.0. The Morgan fingerprint density at radius 1 is 0.344 bits per heavy atom. The number of aliphatic carboxylic acids is 6. The summed E-state index contributed by atoms with van der Waals surface area (Å²) in [5, 5.41) is 53.6. The smallest absolute Gasteiger partial charge is 0.822 e. The van der Waals surface area contributed by atoms with Gasteiger partial charge in [0.05, 0.1) is 35.8 Å². The second-order valence-electron chi connectivity index (χ2n) is 2.17. The molecule has 26 heteroatoms. The monoisotopic (exact) mass is 710 g/mol. The van der Waals surface area contributed by atoms with Crippen LogP contribution >= 0.6 is 7.82 Å². The Morgan fingerprint density at radius 3 is 0.375 bits per heavy atom. The summed E-state index contributed by atoms with van der Waals surface area (Å²) in [6, 6.07) is 0. The molecular weight excluding hydrogens is 711 g/mol. The van der Waals surface area contributed by atoms with E-state index in [9.17, 15) is 0 Å². The molecule has 0 heterocycles. The second-order valence-corrected chi connectivity index (χ2v) is 3.07. The molecule has 0 rings (SSSR count). The van der Waals surface area contributed by atoms with Gasteiger partial charge >= 0.3 is 462 Å². The van der Waals surface area contributed by atoms with E-state index in [4.69, 9.17) is 78.7 Å². The van der Waals surface area contributed by atoms with E-state index in [0.717, 1.165) is 0 Å². The summed E-state index contributed by atoms with van der Waals surface area (Å²) in [4.78, 5) is 79.2. The molecule has 0 aliphatic heterocycles. The van der Waals surface area contributed by atoms with Gasteiger partial charge in [0, 0.05) is 0 Å². The molecule has 0 aromatic carbocycles. The van der Waals surface area contributed by atoms with E-state index >= 15 is 0 Å². The molecule has 0 aromatic rings. The van der Waals surface area contributed by atoms with Crippen LogP contribution in [0, 0.1) is 0 Å². The molecule has 0 aliphatic rings. The van der Waals surface area contributed by atoms with Gasteiger partial charge < -0.3 is 78.7 Å². The third kappa shape index (κ3) is 123. The number of rotatable bonds is 0. The van der Waals surface area contributed by atoms with Crippen molar-refractivity contribution in [2.24, 2.45) is 0 Å². The minimum atomic E-state index is -5.39. The van der Waals surface area contributed by atoms with E-state index in [0.29, 0.717) is 0 Å². The number of phosphoric acid groups is 1. The summed E-state index contributed by atoms with van der Waals surface area (Å²) in [6.45, 7) is 0. The van der Waals surface area contributed by atoms with Crippen molar-refractivity contribution < 1.29 is 541 Å². The predicted molar refractivity (Wildman–Crippen MR) is 37.6 cm³/mol. The molecule has 0 radical (unpaired) electrons. The maximum Gasteiger partial charge on any atom is 1.00 e. The van der Waals surface area contributed by atoms with Crippen LogP contribution in [0.5, 0.6) is 0 Å². The molecule has 0 atom stereocenters. The molecule has 0 N–H and O–H groups in total. The number of carbonyl (C=O) groups is 6. The zero-order valence-corrected chi connectivity index (χ0v) is 48.0. The van der Waals surface area contributed by atoms with E-state index in [2.05, 4.69) is 0 Å². The number of carboxylic acid groups (broad SMARTS) is 6. The minimum Gasteiger partial charge on any atom is -0.822 e. The Hall–Kier alpha value is 11.7. The number of hydrogen-bond acceptors (Lipinski definition) is 16. The van der Waals surface area contributed by atoms with Gasteiger partial charge in [0.15, 0.2) is 0 Å². The zero-order chi connectivity index (χ0) is 20.0. The number of hydrogen-bond donors (Lipinski definition) is 0. The van der Waals surface area contributed by atoms with Gasteiger partial charge in [-0.2, -0.15) is 7.82 Å². The van der Waals surface area contributed by atoms with Crippen LogP contribution in [-0.4, -0.2) is 35.8 Å². The summed E-state index contributed by atoms with van der Waals surface area (Å²) < 4.78 is 8.55. The van der Waals surface area contributed by atoms with Crippen LogP contribution < -0.4 is 508 Å². The van der Waals surface area contributed by atoms with Crippen LogP contribution in [-0.2, 0) is 33.3 Å². The van der Waals surface area contributed by atoms with Gasteiger partial charge in [0.1, 0.15) is 0 Å². The Morgan fingerprint density at radius 2 is 0.375 bits per heavy atom. The fourth-order valence-electron chi connectivity index (χ4n) is 0. The van der Waals surface area contributed by atoms with Crippen molar-refractivity contribution >= 4 is 43.6 Å². The maximum absolute atomic E-state index is 8.93. The van der Waals surface area contributed by atoms with Gasteiger partial charge in [-0.15, -0.1) is 0 Å². The van der Waals surface area contributed by atoms with Gasteiger partial charge in [-0.05, 0) is 0 Å². The minimum absolute atomic E-state index is 0. The first-order valence-corrected chi connectivity index (χ1v) is 5.39. The molecule has 0 bridgehead atoms. The molecule has 32 heavy (non-hydrogen) atoms. The van der Waals surface area contributed by atoms with Crippen molar-refractivity contribution in [3.8, 4) is 0 Å². The Labute approximate surface area is 564 Å². The normalized spacial score (nSPS) is 5.97. The molecule has 0 spiro atoms. The molecule has 16 nitrogen and oxygen atoms in total. The molecule has 0 fully saturated rings. The van der Waals surface area contributed by atoms with E-state index in [1.165, 1.54) is 0 Å². The summed E-state index contributed by atoms with van der Waals surface area (Å²) >= 11 is 0. The van der Waals surface area contributed by atoms with Crippen LogP contribution in [0.15, 0.2) is 0 Å². The van der Waals surface area contributed by atoms with Crippen molar-refractivity contribution in [1.29, 1.82) is 0 Å². The first kappa shape index (κ1) is 84.5. The van der Waals surface area contributed by atoms with Gasteiger partial charge in [0.25, 0.3) is 0 Å². The predicted octanol–water partition coefficient (Wildman–Crippen LogP) is -40.3. The van der Waals surface area contributed by atoms with E-state index in [1.54, 1.807) is 0 Å². The topological polar surface area (TPSA) is 327 Å². The summed E-state index contributed by atoms with van der Waals surface area (Å²) in [5.74, 6) is -13.1. The maximum atomic E-state index is 8.93. The summed E-state index contributed by atoms with van der Waals surface area (Å²) in [5.41, 5.74) is 0. The van der Waals surface area contributed by atoms with Crippen LogP contribution in [0.2, 0.25) is 0 Å². The van der Waals surface area contributed by atoms with Gasteiger partial charge in [0.2, 0.25) is 0 Å². The van der Waals surface area contributed by atoms with E-state index < -0.39 is 43.6 Å². The van der Waals surface area contributed by atoms with Crippen LogP contribution in [0.3, 0.4) is 0 Å². The fraction of sp³-hybridized carbons (Fsp3) is 0. The Balaban J connectivity index is -0.0000000125. The quantitative estimate of drug-likeness (QED) is 0.128. The molecule has 0 aromatic heterocycles. The molecule has 0 amide bonds. The molecule has 0 saturated carbocycles. The van der Waals surface area contributed by atoms with Crippen molar-refractivity contribution in [2.75, 3.05) is 0 Å². The largest absolute Gasteiger partial charge is 1.00 e. The standard InChI is InChI=1S/3C2H2O4.9K.H3O4P/c3*3-1(4)2(5)6;;;;;;;;;;1-5(2,3)4/h3*(H,3,4)(H,5,6);;;;;;;;;;(H3,1,2,3,4)/q;;;9*+1;/p-9. The molecule has 134 valence electrons. The molecular formula is C6K9O16P. The van der Waals surface area contributed by atoms with E-state index in [-0.39, 0.29) is 462 Å². The molecule has 0 aliphatic carbocycles. The summed E-state index contributed by atoms with van der Waals surface area (Å²) in [6.07, 6.45) is 0. The number of carboxylic acids is 6. The second kappa shape index (κ2) is 58.2. The molecule has 0 saturated heterocycles. The van der Waals surface area contributed by atoms with Gasteiger partial charge in [-0.1, -0.05) is 0 Å². The fourth-order valence-corrected chi connectivity index (χ4v) is 0. The number of carbonyl (C=O) groups excluding carboxylic acids is 6. The molecule has 0 unspecified atom stereocenters. The third-order valence-electron chi connectivity index (χ3n) is 0.500. The Kier molecular flexibility index (Phi) is 154. The first-order chi connectivity index (χ1) is 9.93. The van der Waals surface area contributed by atoms with Crippen LogP contribution in [0.1, 0.15) is 0 Å².